The van der Waals surface area contributed by atoms with Gasteiger partial charge in [0.15, 0.2) is 5.13 Å². The van der Waals surface area contributed by atoms with Gasteiger partial charge in [-0.05, 0) is 60.7 Å². The highest BCUT2D eigenvalue weighted by molar-refractivity contribution is 9.10. The molecule has 45 heavy (non-hydrogen) atoms. The number of benzene rings is 4. The van der Waals surface area contributed by atoms with Crippen molar-refractivity contribution >= 4 is 96.8 Å². The third-order valence-electron chi connectivity index (χ3n) is 6.17. The second-order valence-corrected chi connectivity index (χ2v) is 13.0. The minimum Gasteiger partial charge on any atom is -0.321 e. The predicted octanol–water partition coefficient (Wildman–Crippen LogP) is 9.02. The van der Waals surface area contributed by atoms with Gasteiger partial charge >= 0.3 is 0 Å². The van der Waals surface area contributed by atoms with Crippen LogP contribution >= 0.6 is 62.2 Å². The van der Waals surface area contributed by atoms with Crippen LogP contribution in [0.2, 0.25) is 10.0 Å². The SMILES string of the molecule is O=C(CSc1cccc(NC(=O)/C(=C\c2c(Cl)cccc2Cl)NC(=O)c2ccccc2)c1)Nc1nc(-c2ccc(Br)cc2)cs1. The number of hydrogen-bond acceptors (Lipinski definition) is 6. The summed E-state index contributed by atoms with van der Waals surface area (Å²) in [6.45, 7) is 0. The molecule has 5 rings (SSSR count). The molecule has 226 valence electrons. The first kappa shape index (κ1) is 32.5. The first-order valence-corrected chi connectivity index (χ1v) is 16.7. The second-order valence-electron chi connectivity index (χ2n) is 9.38. The largest absolute Gasteiger partial charge is 0.321 e. The van der Waals surface area contributed by atoms with Gasteiger partial charge in [-0.25, -0.2) is 4.98 Å². The van der Waals surface area contributed by atoms with Gasteiger partial charge in [0.2, 0.25) is 5.91 Å². The highest BCUT2D eigenvalue weighted by Crippen LogP contribution is 2.29. The summed E-state index contributed by atoms with van der Waals surface area (Å²) in [6, 6.07) is 28.3. The minimum absolute atomic E-state index is 0.0535. The molecular weight excluding hydrogens is 715 g/mol. The smallest absolute Gasteiger partial charge is 0.272 e. The molecule has 5 aromatic rings. The number of amides is 3. The predicted molar refractivity (Wildman–Crippen MR) is 188 cm³/mol. The van der Waals surface area contributed by atoms with Crippen molar-refractivity contribution < 1.29 is 14.4 Å². The van der Waals surface area contributed by atoms with Crippen LogP contribution in [0.4, 0.5) is 10.8 Å². The van der Waals surface area contributed by atoms with Crippen molar-refractivity contribution in [1.82, 2.24) is 10.3 Å². The van der Waals surface area contributed by atoms with Crippen molar-refractivity contribution in [2.75, 3.05) is 16.4 Å². The molecule has 0 spiro atoms. The zero-order valence-corrected chi connectivity index (χ0v) is 28.0. The molecule has 0 saturated carbocycles. The first-order chi connectivity index (χ1) is 21.7. The number of carbonyl (C=O) groups excluding carboxylic acids is 3. The molecule has 0 fully saturated rings. The van der Waals surface area contributed by atoms with E-state index < -0.39 is 11.8 Å². The van der Waals surface area contributed by atoms with Gasteiger partial charge in [0.1, 0.15) is 5.70 Å². The zero-order valence-electron chi connectivity index (χ0n) is 23.2. The monoisotopic (exact) mass is 736 g/mol. The van der Waals surface area contributed by atoms with Crippen LogP contribution < -0.4 is 16.0 Å². The van der Waals surface area contributed by atoms with Gasteiger partial charge in [0.25, 0.3) is 11.8 Å². The Kier molecular flexibility index (Phi) is 11.1. The van der Waals surface area contributed by atoms with Crippen molar-refractivity contribution in [3.05, 3.63) is 134 Å². The summed E-state index contributed by atoms with van der Waals surface area (Å²) in [5, 5.41) is 11.4. The van der Waals surface area contributed by atoms with Crippen LogP contribution in [-0.2, 0) is 9.59 Å². The molecule has 0 unspecified atom stereocenters. The number of anilines is 2. The van der Waals surface area contributed by atoms with Crippen LogP contribution in [0, 0.1) is 0 Å². The van der Waals surface area contributed by atoms with E-state index in [4.69, 9.17) is 23.2 Å². The average Bonchev–Trinajstić information content (AvgIpc) is 3.50. The zero-order chi connectivity index (χ0) is 31.8. The highest BCUT2D eigenvalue weighted by atomic mass is 79.9. The number of nitrogens with zero attached hydrogens (tertiary/aromatic N) is 1. The molecule has 1 aromatic heterocycles. The fourth-order valence-electron chi connectivity index (χ4n) is 3.99. The number of halogens is 3. The van der Waals surface area contributed by atoms with Crippen LogP contribution in [0.3, 0.4) is 0 Å². The van der Waals surface area contributed by atoms with Gasteiger partial charge < -0.3 is 16.0 Å². The molecule has 1 heterocycles. The maximum atomic E-state index is 13.4. The van der Waals surface area contributed by atoms with Gasteiger partial charge in [-0.1, -0.05) is 81.6 Å². The van der Waals surface area contributed by atoms with E-state index >= 15 is 0 Å². The van der Waals surface area contributed by atoms with Crippen molar-refractivity contribution in [2.45, 2.75) is 4.90 Å². The Balaban J connectivity index is 1.24. The van der Waals surface area contributed by atoms with Crippen LogP contribution in [0.1, 0.15) is 15.9 Å². The van der Waals surface area contributed by atoms with Crippen molar-refractivity contribution in [3.8, 4) is 11.3 Å². The second kappa shape index (κ2) is 15.4. The number of hydrogen-bond donors (Lipinski definition) is 3. The topological polar surface area (TPSA) is 100 Å². The number of thiazole rings is 1. The van der Waals surface area contributed by atoms with Crippen LogP contribution in [0.25, 0.3) is 17.3 Å². The van der Waals surface area contributed by atoms with Crippen molar-refractivity contribution in [1.29, 1.82) is 0 Å². The molecule has 12 heteroatoms. The first-order valence-electron chi connectivity index (χ1n) is 13.3. The summed E-state index contributed by atoms with van der Waals surface area (Å²) in [6.07, 6.45) is 1.44. The van der Waals surface area contributed by atoms with Gasteiger partial charge in [-0.2, -0.15) is 0 Å². The van der Waals surface area contributed by atoms with E-state index in [1.165, 1.54) is 29.2 Å². The molecule has 0 atom stereocenters. The number of rotatable bonds is 10. The Labute approximate surface area is 286 Å². The maximum Gasteiger partial charge on any atom is 0.272 e. The molecule has 0 bridgehead atoms. The van der Waals surface area contributed by atoms with Gasteiger partial charge in [0.05, 0.1) is 11.4 Å². The van der Waals surface area contributed by atoms with Crippen molar-refractivity contribution in [2.24, 2.45) is 0 Å². The third-order valence-corrected chi connectivity index (χ3v) is 9.11. The minimum atomic E-state index is -0.583. The Bertz CT molecular complexity index is 1860. The maximum absolute atomic E-state index is 13.4. The molecule has 0 aliphatic rings. The standard InChI is InChI=1S/C33H23BrCl2N4O3S2/c34-22-14-12-20(13-15-22)29-18-45-33(39-29)40-30(41)19-44-24-9-4-8-23(16-24)37-32(43)28(17-25-26(35)10-5-11-27(25)36)38-31(42)21-6-2-1-3-7-21/h1-18H,19H2,(H,37,43)(H,38,42)(H,39,40,41)/b28-17+. The lowest BCUT2D eigenvalue weighted by Crippen LogP contribution is -2.30. The highest BCUT2D eigenvalue weighted by Gasteiger charge is 2.17. The summed E-state index contributed by atoms with van der Waals surface area (Å²) < 4.78 is 0.976. The molecule has 0 radical (unpaired) electrons. The number of carbonyl (C=O) groups is 3. The van der Waals surface area contributed by atoms with E-state index in [2.05, 4.69) is 36.9 Å². The lowest BCUT2D eigenvalue weighted by atomic mass is 10.1. The molecular formula is C33H23BrCl2N4O3S2. The van der Waals surface area contributed by atoms with E-state index in [0.717, 1.165) is 20.6 Å². The summed E-state index contributed by atoms with van der Waals surface area (Å²) >= 11 is 18.8. The molecule has 0 aliphatic carbocycles. The summed E-state index contributed by atoms with van der Waals surface area (Å²) in [5.41, 5.74) is 2.91. The Morgan fingerprint density at radius 1 is 0.867 bits per heavy atom. The molecule has 3 amide bonds. The van der Waals surface area contributed by atoms with Gasteiger partial charge in [-0.3, -0.25) is 14.4 Å². The molecule has 0 aliphatic heterocycles. The molecule has 3 N–H and O–H groups in total. The quantitative estimate of drug-likeness (QED) is 0.0982. The van der Waals surface area contributed by atoms with Gasteiger partial charge in [0, 0.05) is 47.2 Å². The van der Waals surface area contributed by atoms with Crippen LogP contribution in [0.5, 0.6) is 0 Å². The third kappa shape index (κ3) is 9.06. The Hall–Kier alpha value is -3.93. The summed E-state index contributed by atoms with van der Waals surface area (Å²) in [5.74, 6) is -1.13. The van der Waals surface area contributed by atoms with Crippen molar-refractivity contribution in [3.63, 3.8) is 0 Å². The van der Waals surface area contributed by atoms with Gasteiger partial charge in [-0.15, -0.1) is 23.1 Å². The number of thioether (sulfide) groups is 1. The molecule has 0 saturated heterocycles. The Morgan fingerprint density at radius 2 is 1.58 bits per heavy atom. The van der Waals surface area contributed by atoms with E-state index in [9.17, 15) is 14.4 Å². The normalized spacial score (nSPS) is 11.1. The van der Waals surface area contributed by atoms with E-state index in [-0.39, 0.29) is 17.4 Å². The average molecular weight is 739 g/mol. The number of aromatic nitrogens is 1. The lowest BCUT2D eigenvalue weighted by molar-refractivity contribution is -0.114. The van der Waals surface area contributed by atoms with Crippen LogP contribution in [-0.4, -0.2) is 28.5 Å². The number of nitrogens with one attached hydrogen (secondary N) is 3. The lowest BCUT2D eigenvalue weighted by Gasteiger charge is -2.13. The fraction of sp³-hybridized carbons (Fsp3) is 0.0303. The fourth-order valence-corrected chi connectivity index (χ4v) is 6.25. The molecule has 4 aromatic carbocycles. The van der Waals surface area contributed by atoms with E-state index in [0.29, 0.717) is 32.0 Å². The Morgan fingerprint density at radius 3 is 2.31 bits per heavy atom. The molecule has 7 nitrogen and oxygen atoms in total. The summed E-state index contributed by atoms with van der Waals surface area (Å²) in [7, 11) is 0. The summed E-state index contributed by atoms with van der Waals surface area (Å²) in [4.78, 5) is 44.3. The van der Waals surface area contributed by atoms with Crippen LogP contribution in [0.15, 0.2) is 118 Å². The van der Waals surface area contributed by atoms with E-state index in [1.807, 2.05) is 35.7 Å². The van der Waals surface area contributed by atoms with E-state index in [1.54, 1.807) is 66.7 Å².